The smallest absolute Gasteiger partial charge is 0.306 e. The molecule has 202 valence electrons. The van der Waals surface area contributed by atoms with E-state index in [1.165, 1.54) is 83.5 Å². The Kier molecular flexibility index (Phi) is 16.4. The van der Waals surface area contributed by atoms with Gasteiger partial charge in [0.15, 0.2) is 0 Å². The lowest BCUT2D eigenvalue weighted by molar-refractivity contribution is -0.293. The molecule has 0 N–H and O–H groups in total. The second kappa shape index (κ2) is 17.8. The number of unbranched alkanes of at least 4 members (excludes halogenated alkanes) is 14. The zero-order chi connectivity index (χ0) is 25.3. The van der Waals surface area contributed by atoms with E-state index in [2.05, 4.69) is 46.6 Å². The van der Waals surface area contributed by atoms with Gasteiger partial charge in [-0.1, -0.05) is 104 Å². The fourth-order valence-electron chi connectivity index (χ4n) is 5.67. The number of esters is 1. The topological polar surface area (TPSA) is 38.8 Å². The van der Waals surface area contributed by atoms with E-state index in [1.807, 2.05) is 0 Å². The van der Waals surface area contributed by atoms with Gasteiger partial charge in [0.1, 0.15) is 6.10 Å². The van der Waals surface area contributed by atoms with Gasteiger partial charge in [-0.25, -0.2) is 0 Å². The maximum atomic E-state index is 12.5. The summed E-state index contributed by atoms with van der Waals surface area (Å²) >= 11 is 0. The van der Waals surface area contributed by atoms with E-state index in [9.17, 15) is 4.79 Å². The highest BCUT2D eigenvalue weighted by atomic mass is 16.7. The van der Waals surface area contributed by atoms with Gasteiger partial charge in [-0.05, 0) is 40.5 Å². The zero-order valence-corrected chi connectivity index (χ0v) is 23.9. The van der Waals surface area contributed by atoms with E-state index >= 15 is 0 Å². The first-order chi connectivity index (χ1) is 16.2. The second-order valence-electron chi connectivity index (χ2n) is 12.0. The largest absolute Gasteiger partial charge is 0.462 e. The third kappa shape index (κ3) is 13.5. The Balaban J connectivity index is 2.05. The molecule has 0 atom stereocenters. The molecule has 1 saturated heterocycles. The molecule has 4 nitrogen and oxygen atoms in total. The molecule has 0 aromatic rings. The summed E-state index contributed by atoms with van der Waals surface area (Å²) in [6, 6.07) is 0. The van der Waals surface area contributed by atoms with Gasteiger partial charge in [-0.15, -0.1) is 0 Å². The standard InChI is InChI=1S/C30H59NO3/c1-7-9-10-11-12-13-14-15-16-17-18-19-20-21-22-23-28(32)34-27-25-29(3,4)31(33-24-8-2)30(5,6)26-27/h27H,7-26H2,1-6H3. The van der Waals surface area contributed by atoms with Gasteiger partial charge in [0.2, 0.25) is 0 Å². The summed E-state index contributed by atoms with van der Waals surface area (Å²) in [6.45, 7) is 13.9. The Morgan fingerprint density at radius 2 is 1.09 bits per heavy atom. The number of hydrogen-bond donors (Lipinski definition) is 0. The highest BCUT2D eigenvalue weighted by Crippen LogP contribution is 2.40. The van der Waals surface area contributed by atoms with Crippen LogP contribution in [0.4, 0.5) is 0 Å². The molecule has 1 aliphatic heterocycles. The van der Waals surface area contributed by atoms with Crippen LogP contribution in [-0.2, 0) is 14.4 Å². The minimum atomic E-state index is -0.142. The molecule has 1 rings (SSSR count). The number of hydroxylamine groups is 2. The predicted molar refractivity (Wildman–Crippen MR) is 145 cm³/mol. The molecule has 0 unspecified atom stereocenters. The van der Waals surface area contributed by atoms with Crippen molar-refractivity contribution in [3.63, 3.8) is 0 Å². The van der Waals surface area contributed by atoms with Crippen LogP contribution in [0.15, 0.2) is 0 Å². The summed E-state index contributed by atoms with van der Waals surface area (Å²) in [4.78, 5) is 18.5. The number of carbonyl (C=O) groups is 1. The van der Waals surface area contributed by atoms with Gasteiger partial charge < -0.3 is 4.74 Å². The third-order valence-electron chi connectivity index (χ3n) is 7.26. The Morgan fingerprint density at radius 1 is 0.676 bits per heavy atom. The van der Waals surface area contributed by atoms with Crippen molar-refractivity contribution in [2.24, 2.45) is 0 Å². The molecule has 0 bridgehead atoms. The quantitative estimate of drug-likeness (QED) is 0.128. The van der Waals surface area contributed by atoms with Gasteiger partial charge in [0.05, 0.1) is 6.61 Å². The van der Waals surface area contributed by atoms with Crippen molar-refractivity contribution >= 4 is 5.97 Å². The Morgan fingerprint density at radius 3 is 1.50 bits per heavy atom. The molecule has 0 saturated carbocycles. The van der Waals surface area contributed by atoms with Crippen molar-refractivity contribution in [2.75, 3.05) is 6.61 Å². The van der Waals surface area contributed by atoms with Gasteiger partial charge >= 0.3 is 5.97 Å². The summed E-state index contributed by atoms with van der Waals surface area (Å²) in [5, 5.41) is 2.14. The average Bonchev–Trinajstić information content (AvgIpc) is 2.75. The van der Waals surface area contributed by atoms with Crippen LogP contribution in [0.25, 0.3) is 0 Å². The molecule has 0 aliphatic carbocycles. The zero-order valence-electron chi connectivity index (χ0n) is 23.9. The van der Waals surface area contributed by atoms with E-state index in [4.69, 9.17) is 9.57 Å². The minimum Gasteiger partial charge on any atom is -0.462 e. The molecule has 4 heteroatoms. The Hall–Kier alpha value is -0.610. The van der Waals surface area contributed by atoms with Gasteiger partial charge in [0.25, 0.3) is 0 Å². The number of hydrogen-bond acceptors (Lipinski definition) is 4. The monoisotopic (exact) mass is 481 g/mol. The molecular weight excluding hydrogens is 422 g/mol. The van der Waals surface area contributed by atoms with Crippen LogP contribution < -0.4 is 0 Å². The maximum Gasteiger partial charge on any atom is 0.306 e. The van der Waals surface area contributed by atoms with E-state index in [0.29, 0.717) is 6.42 Å². The molecule has 1 fully saturated rings. The first-order valence-electron chi connectivity index (χ1n) is 14.9. The van der Waals surface area contributed by atoms with Crippen LogP contribution in [0, 0.1) is 0 Å². The summed E-state index contributed by atoms with van der Waals surface area (Å²) < 4.78 is 5.91. The molecular formula is C30H59NO3. The van der Waals surface area contributed by atoms with Gasteiger partial charge in [-0.2, -0.15) is 5.06 Å². The van der Waals surface area contributed by atoms with Crippen LogP contribution in [0.5, 0.6) is 0 Å². The molecule has 1 aliphatic rings. The van der Waals surface area contributed by atoms with E-state index in [0.717, 1.165) is 38.7 Å². The van der Waals surface area contributed by atoms with Crippen molar-refractivity contribution in [3.8, 4) is 0 Å². The van der Waals surface area contributed by atoms with Crippen molar-refractivity contribution in [2.45, 2.75) is 181 Å². The predicted octanol–water partition coefficient (Wildman–Crippen LogP) is 9.15. The van der Waals surface area contributed by atoms with Crippen LogP contribution in [0.1, 0.15) is 164 Å². The van der Waals surface area contributed by atoms with Crippen LogP contribution in [0.2, 0.25) is 0 Å². The van der Waals surface area contributed by atoms with Gasteiger partial charge in [-0.3, -0.25) is 9.63 Å². The van der Waals surface area contributed by atoms with Crippen molar-refractivity contribution in [1.82, 2.24) is 5.06 Å². The van der Waals surface area contributed by atoms with Gasteiger partial charge in [0, 0.05) is 30.3 Å². The number of piperidine rings is 1. The summed E-state index contributed by atoms with van der Waals surface area (Å²) in [5.41, 5.74) is -0.285. The molecule has 0 radical (unpaired) electrons. The summed E-state index contributed by atoms with van der Waals surface area (Å²) in [5.74, 6) is -0.0192. The summed E-state index contributed by atoms with van der Waals surface area (Å²) in [7, 11) is 0. The lowest BCUT2D eigenvalue weighted by Gasteiger charge is -2.53. The molecule has 0 aromatic carbocycles. The maximum absolute atomic E-state index is 12.5. The van der Waals surface area contributed by atoms with Crippen LogP contribution in [-0.4, -0.2) is 34.8 Å². The minimum absolute atomic E-state index is 0.0182. The van der Waals surface area contributed by atoms with E-state index < -0.39 is 0 Å². The SMILES string of the molecule is CCCCCCCCCCCCCCCCCC(=O)OC1CC(C)(C)N(OCCC)C(C)(C)C1. The normalized spacial score (nSPS) is 18.3. The van der Waals surface area contributed by atoms with Crippen LogP contribution in [0.3, 0.4) is 0 Å². The number of carbonyl (C=O) groups excluding carboxylic acids is 1. The number of nitrogens with zero attached hydrogens (tertiary/aromatic N) is 1. The summed E-state index contributed by atoms with van der Waals surface area (Å²) in [6.07, 6.45) is 23.3. The fourth-order valence-corrected chi connectivity index (χ4v) is 5.67. The highest BCUT2D eigenvalue weighted by molar-refractivity contribution is 5.69. The van der Waals surface area contributed by atoms with E-state index in [-0.39, 0.29) is 23.2 Å². The first kappa shape index (κ1) is 31.4. The number of ether oxygens (including phenoxy) is 1. The molecule has 0 spiro atoms. The molecule has 34 heavy (non-hydrogen) atoms. The van der Waals surface area contributed by atoms with Crippen LogP contribution >= 0.6 is 0 Å². The second-order valence-corrected chi connectivity index (χ2v) is 12.0. The van der Waals surface area contributed by atoms with E-state index in [1.54, 1.807) is 0 Å². The first-order valence-corrected chi connectivity index (χ1v) is 14.9. The van der Waals surface area contributed by atoms with Crippen molar-refractivity contribution < 1.29 is 14.4 Å². The third-order valence-corrected chi connectivity index (χ3v) is 7.26. The number of rotatable bonds is 20. The molecule has 0 aromatic heterocycles. The Labute approximate surface area is 212 Å². The lowest BCUT2D eigenvalue weighted by atomic mass is 9.80. The molecule has 1 heterocycles. The average molecular weight is 482 g/mol. The lowest BCUT2D eigenvalue weighted by Crippen LogP contribution is -2.62. The van der Waals surface area contributed by atoms with Crippen molar-refractivity contribution in [3.05, 3.63) is 0 Å². The fraction of sp³-hybridized carbons (Fsp3) is 0.967. The Bertz CT molecular complexity index is 499. The van der Waals surface area contributed by atoms with Crippen molar-refractivity contribution in [1.29, 1.82) is 0 Å². The molecule has 0 amide bonds. The highest BCUT2D eigenvalue weighted by Gasteiger charge is 2.47.